The maximum atomic E-state index is 15.4. The number of benzene rings is 1. The van der Waals surface area contributed by atoms with Gasteiger partial charge in [-0.1, -0.05) is 23.8 Å². The first kappa shape index (κ1) is 30.5. The number of carbonyl (C=O) groups excluding carboxylic acids is 3. The molecule has 2 aromatic heterocycles. The number of hydrogen-bond donors (Lipinski definition) is 2. The summed E-state index contributed by atoms with van der Waals surface area (Å²) in [5.74, 6) is -1.85. The fraction of sp³-hybridized carbons (Fsp3) is 0.393. The van der Waals surface area contributed by atoms with Crippen molar-refractivity contribution < 1.29 is 37.2 Å². The zero-order valence-electron chi connectivity index (χ0n) is 23.1. The molecule has 1 aromatic carbocycles. The Kier molecular flexibility index (Phi) is 8.33. The van der Waals surface area contributed by atoms with Crippen LogP contribution in [0.15, 0.2) is 36.7 Å². The minimum atomic E-state index is -4.94. The van der Waals surface area contributed by atoms with Crippen LogP contribution in [0, 0.1) is 17.1 Å². The predicted molar refractivity (Wildman–Crippen MR) is 143 cm³/mol. The van der Waals surface area contributed by atoms with E-state index in [-0.39, 0.29) is 31.4 Å². The van der Waals surface area contributed by atoms with Crippen molar-refractivity contribution in [1.82, 2.24) is 30.4 Å². The lowest BCUT2D eigenvalue weighted by atomic mass is 9.75. The van der Waals surface area contributed by atoms with E-state index in [1.807, 2.05) is 0 Å². The number of unbranched alkanes of at least 4 members (excludes halogenated alkanes) is 2. The first-order valence-electron chi connectivity index (χ1n) is 13.7. The number of hydrogen-bond acceptors (Lipinski definition) is 8. The highest BCUT2D eigenvalue weighted by molar-refractivity contribution is 6.23. The predicted octanol–water partition coefficient (Wildman–Crippen LogP) is 4.33. The Balaban J connectivity index is 1.31. The Hall–Kier alpha value is -4.91. The van der Waals surface area contributed by atoms with Gasteiger partial charge in [-0.2, -0.15) is 18.4 Å². The molecular formula is C28H26F4N8O4. The van der Waals surface area contributed by atoms with Gasteiger partial charge in [0, 0.05) is 24.1 Å². The molecule has 12 nitrogen and oxygen atoms in total. The van der Waals surface area contributed by atoms with Crippen molar-refractivity contribution >= 4 is 23.5 Å². The molecule has 230 valence electrons. The molecule has 2 aliphatic rings. The number of amides is 4. The summed E-state index contributed by atoms with van der Waals surface area (Å²) in [6.45, 7) is 0.210. The molecule has 16 heteroatoms. The van der Waals surface area contributed by atoms with Crippen LogP contribution in [0.5, 0.6) is 0 Å². The average Bonchev–Trinajstić information content (AvgIpc) is 3.53. The van der Waals surface area contributed by atoms with Gasteiger partial charge in [0.25, 0.3) is 5.91 Å². The lowest BCUT2D eigenvalue weighted by Crippen LogP contribution is -2.54. The number of aromatic nitrogens is 4. The number of nitriles is 1. The van der Waals surface area contributed by atoms with Gasteiger partial charge in [-0.25, -0.2) is 24.5 Å². The van der Waals surface area contributed by atoms with Crippen molar-refractivity contribution in [1.29, 1.82) is 5.26 Å². The highest BCUT2D eigenvalue weighted by Gasteiger charge is 2.61. The topological polar surface area (TPSA) is 157 Å². The van der Waals surface area contributed by atoms with Gasteiger partial charge >= 0.3 is 12.2 Å². The van der Waals surface area contributed by atoms with Gasteiger partial charge in [0.05, 0.1) is 30.2 Å². The molecule has 1 aliphatic heterocycles. The van der Waals surface area contributed by atoms with Crippen LogP contribution in [0.3, 0.4) is 0 Å². The molecule has 3 aromatic rings. The molecule has 2 N–H and O–H groups in total. The molecule has 2 fully saturated rings. The molecular weight excluding hydrogens is 588 g/mol. The van der Waals surface area contributed by atoms with Crippen molar-refractivity contribution in [3.63, 3.8) is 0 Å². The molecule has 0 bridgehead atoms. The summed E-state index contributed by atoms with van der Waals surface area (Å²) in [4.78, 5) is 43.4. The lowest BCUT2D eigenvalue weighted by Gasteiger charge is -2.42. The van der Waals surface area contributed by atoms with E-state index < -0.39 is 52.3 Å². The number of hydroxylamine groups is 1. The minimum Gasteiger partial charge on any atom is -0.305 e. The zero-order chi connectivity index (χ0) is 31.6. The van der Waals surface area contributed by atoms with Crippen LogP contribution in [-0.2, 0) is 28.9 Å². The molecule has 0 unspecified atom stereocenters. The van der Waals surface area contributed by atoms with E-state index >= 15 is 4.39 Å². The number of urea groups is 1. The second-order valence-electron chi connectivity index (χ2n) is 10.6. The van der Waals surface area contributed by atoms with E-state index in [1.54, 1.807) is 22.4 Å². The zero-order valence-corrected chi connectivity index (χ0v) is 23.1. The Morgan fingerprint density at radius 3 is 2.57 bits per heavy atom. The summed E-state index contributed by atoms with van der Waals surface area (Å²) in [7, 11) is 0. The highest BCUT2D eigenvalue weighted by Crippen LogP contribution is 2.47. The normalized spacial score (nSPS) is 15.9. The number of imide groups is 1. The van der Waals surface area contributed by atoms with E-state index in [1.165, 1.54) is 23.1 Å². The molecule has 1 spiro atoms. The summed E-state index contributed by atoms with van der Waals surface area (Å²) < 4.78 is 57.6. The van der Waals surface area contributed by atoms with Crippen LogP contribution in [-0.4, -0.2) is 53.5 Å². The second-order valence-corrected chi connectivity index (χ2v) is 10.6. The summed E-state index contributed by atoms with van der Waals surface area (Å²) in [6, 6.07) is 5.28. The van der Waals surface area contributed by atoms with Crippen LogP contribution >= 0.6 is 0 Å². The highest BCUT2D eigenvalue weighted by atomic mass is 19.4. The fourth-order valence-electron chi connectivity index (χ4n) is 5.37. The van der Waals surface area contributed by atoms with Gasteiger partial charge in [-0.05, 0) is 44.2 Å². The van der Waals surface area contributed by atoms with Crippen molar-refractivity contribution in [2.75, 3.05) is 4.90 Å². The molecule has 5 rings (SSSR count). The quantitative estimate of drug-likeness (QED) is 0.112. The third kappa shape index (κ3) is 5.70. The lowest BCUT2D eigenvalue weighted by molar-refractivity contribution is -0.138. The number of pyridine rings is 1. The van der Waals surface area contributed by atoms with Crippen molar-refractivity contribution in [3.8, 4) is 17.3 Å². The second kappa shape index (κ2) is 12.0. The number of nitrogens with one attached hydrogen (secondary N) is 1. The largest absolute Gasteiger partial charge is 0.419 e. The van der Waals surface area contributed by atoms with E-state index in [4.69, 9.17) is 10.5 Å². The standard InChI is InChI=1S/C28H26F4N8O4/c29-21-11-17(23-16-38(37-35-23)10-3-1-2-5-24(41)36-44)6-7-18(21)15-39-26(43)40(25(42)27(39)8-4-9-27)19-12-20(28(30,31)32)22(13-33)34-14-19/h6-7,11-12,14,16,44H,1-5,8-10,15H2,(H,36,41). The van der Waals surface area contributed by atoms with Crippen LogP contribution in [0.4, 0.5) is 28.0 Å². The van der Waals surface area contributed by atoms with Gasteiger partial charge < -0.3 is 4.90 Å². The Labute approximate surface area is 247 Å². The number of nitrogens with zero attached hydrogens (tertiary/aromatic N) is 7. The third-order valence-corrected chi connectivity index (χ3v) is 7.90. The van der Waals surface area contributed by atoms with Crippen LogP contribution < -0.4 is 10.4 Å². The van der Waals surface area contributed by atoms with Crippen LogP contribution in [0.2, 0.25) is 0 Å². The summed E-state index contributed by atoms with van der Waals surface area (Å²) in [5, 5.41) is 25.7. The Morgan fingerprint density at radius 1 is 1.16 bits per heavy atom. The maximum Gasteiger partial charge on any atom is 0.419 e. The number of carbonyl (C=O) groups is 3. The van der Waals surface area contributed by atoms with Crippen LogP contribution in [0.1, 0.15) is 61.8 Å². The van der Waals surface area contributed by atoms with Crippen molar-refractivity contribution in [2.45, 2.75) is 69.8 Å². The van der Waals surface area contributed by atoms with Gasteiger partial charge in [-0.3, -0.25) is 19.5 Å². The Morgan fingerprint density at radius 2 is 1.93 bits per heavy atom. The molecule has 44 heavy (non-hydrogen) atoms. The smallest absolute Gasteiger partial charge is 0.305 e. The summed E-state index contributed by atoms with van der Waals surface area (Å²) >= 11 is 0. The molecule has 3 heterocycles. The van der Waals surface area contributed by atoms with Gasteiger partial charge in [0.15, 0.2) is 5.69 Å². The third-order valence-electron chi connectivity index (χ3n) is 7.90. The van der Waals surface area contributed by atoms with Gasteiger partial charge in [-0.15, -0.1) is 5.10 Å². The molecule has 1 saturated carbocycles. The first-order valence-corrected chi connectivity index (χ1v) is 13.7. The van der Waals surface area contributed by atoms with Gasteiger partial charge in [0.2, 0.25) is 5.91 Å². The minimum absolute atomic E-state index is 0.0938. The van der Waals surface area contributed by atoms with Gasteiger partial charge in [0.1, 0.15) is 23.1 Å². The monoisotopic (exact) mass is 614 g/mol. The maximum absolute atomic E-state index is 15.4. The van der Waals surface area contributed by atoms with E-state index in [2.05, 4.69) is 15.3 Å². The van der Waals surface area contributed by atoms with Crippen LogP contribution in [0.25, 0.3) is 11.3 Å². The van der Waals surface area contributed by atoms with Crippen molar-refractivity contribution in [2.24, 2.45) is 0 Å². The summed E-state index contributed by atoms with van der Waals surface area (Å²) in [5.41, 5.74) is -1.51. The fourth-order valence-corrected chi connectivity index (χ4v) is 5.37. The van der Waals surface area contributed by atoms with E-state index in [9.17, 15) is 27.6 Å². The Bertz CT molecular complexity index is 1650. The summed E-state index contributed by atoms with van der Waals surface area (Å²) in [6.07, 6.45) is 0.901. The molecule has 4 amide bonds. The number of alkyl halides is 3. The number of anilines is 1. The molecule has 1 saturated heterocycles. The van der Waals surface area contributed by atoms with Crippen molar-refractivity contribution in [3.05, 3.63) is 59.3 Å². The number of halogens is 4. The van der Waals surface area contributed by atoms with E-state index in [0.717, 1.165) is 6.20 Å². The molecule has 0 radical (unpaired) electrons. The molecule has 1 aliphatic carbocycles. The first-order chi connectivity index (χ1) is 21.0. The van der Waals surface area contributed by atoms with E-state index in [0.29, 0.717) is 54.5 Å². The molecule has 0 atom stereocenters. The average molecular weight is 615 g/mol. The number of aryl methyl sites for hydroxylation is 1. The number of rotatable bonds is 10. The SMILES string of the molecule is N#Cc1ncc(N2C(=O)N(Cc3ccc(-c4cn(CCCCCC(=O)NO)nn4)cc3F)C3(CCC3)C2=O)cc1C(F)(F)F.